The van der Waals surface area contributed by atoms with Crippen LogP contribution in [0.5, 0.6) is 11.5 Å². The molecular formula is C25H24N2O6. The van der Waals surface area contributed by atoms with Crippen molar-refractivity contribution < 1.29 is 23.7 Å². The third-order valence-corrected chi connectivity index (χ3v) is 7.01. The first kappa shape index (κ1) is 20.2. The molecule has 3 aromatic rings. The van der Waals surface area contributed by atoms with Crippen LogP contribution in [-0.4, -0.2) is 28.9 Å². The number of aromatic nitrogens is 2. The number of carbonyl (C=O) groups excluding carboxylic acids is 1. The van der Waals surface area contributed by atoms with Crippen molar-refractivity contribution in [1.29, 1.82) is 0 Å². The van der Waals surface area contributed by atoms with E-state index in [-0.39, 0.29) is 19.0 Å². The number of rotatable bonds is 4. The van der Waals surface area contributed by atoms with Gasteiger partial charge in [-0.3, -0.25) is 4.79 Å². The number of cyclic esters (lactones) is 1. The van der Waals surface area contributed by atoms with Crippen molar-refractivity contribution in [3.8, 4) is 22.9 Å². The lowest BCUT2D eigenvalue weighted by Gasteiger charge is -2.35. The zero-order valence-corrected chi connectivity index (χ0v) is 18.8. The Hall–Kier alpha value is -3.39. The van der Waals surface area contributed by atoms with Gasteiger partial charge in [-0.25, -0.2) is 9.78 Å². The van der Waals surface area contributed by atoms with Crippen molar-refractivity contribution in [1.82, 2.24) is 9.55 Å². The summed E-state index contributed by atoms with van der Waals surface area (Å²) < 4.78 is 24.2. The quantitative estimate of drug-likeness (QED) is 0.442. The molecule has 0 aliphatic carbocycles. The molecule has 3 aliphatic rings. The number of nitrogens with zero attached hydrogens (tertiary/aromatic N) is 2. The van der Waals surface area contributed by atoms with Crippen molar-refractivity contribution in [2.75, 3.05) is 13.4 Å². The number of fused-ring (bicyclic) bond motifs is 6. The first-order valence-corrected chi connectivity index (χ1v) is 11.4. The molecule has 0 fully saturated rings. The van der Waals surface area contributed by atoms with Gasteiger partial charge in [0.1, 0.15) is 6.61 Å². The van der Waals surface area contributed by atoms with E-state index in [2.05, 4.69) is 6.92 Å². The van der Waals surface area contributed by atoms with E-state index in [1.54, 1.807) is 4.57 Å². The number of carbonyl (C=O) groups is 1. The van der Waals surface area contributed by atoms with Crippen molar-refractivity contribution in [3.63, 3.8) is 0 Å². The molecule has 2 aromatic heterocycles. The predicted molar refractivity (Wildman–Crippen MR) is 119 cm³/mol. The van der Waals surface area contributed by atoms with Gasteiger partial charge in [-0.2, -0.15) is 0 Å². The van der Waals surface area contributed by atoms with E-state index in [9.17, 15) is 9.59 Å². The summed E-state index contributed by atoms with van der Waals surface area (Å²) in [6, 6.07) is 5.78. The van der Waals surface area contributed by atoms with E-state index < -0.39 is 11.6 Å². The van der Waals surface area contributed by atoms with Crippen LogP contribution in [0.4, 0.5) is 0 Å². The second-order valence-electron chi connectivity index (χ2n) is 8.50. The summed E-state index contributed by atoms with van der Waals surface area (Å²) in [5.41, 5.74) is 4.04. The fourth-order valence-corrected chi connectivity index (χ4v) is 5.43. The zero-order chi connectivity index (χ0) is 22.9. The average molecular weight is 448 g/mol. The molecule has 5 heterocycles. The molecule has 170 valence electrons. The summed E-state index contributed by atoms with van der Waals surface area (Å²) in [5.74, 6) is 0.930. The Morgan fingerprint density at radius 3 is 2.58 bits per heavy atom. The molecule has 0 saturated carbocycles. The molecule has 1 aromatic carbocycles. The average Bonchev–Trinajstić information content (AvgIpc) is 3.42. The second-order valence-corrected chi connectivity index (χ2v) is 8.50. The van der Waals surface area contributed by atoms with Crippen LogP contribution in [0.3, 0.4) is 0 Å². The van der Waals surface area contributed by atoms with Crippen LogP contribution in [0, 0.1) is 0 Å². The normalized spacial score (nSPS) is 19.9. The molecule has 0 saturated heterocycles. The fourth-order valence-electron chi connectivity index (χ4n) is 5.43. The Morgan fingerprint density at radius 1 is 1.06 bits per heavy atom. The SMILES string of the molecule is CCO[C@]1(CC)C(=O)OCc2c1cc1n(c2=O)Cc2c-1nc1cc3c(cc1c2CC)OCO3. The van der Waals surface area contributed by atoms with Gasteiger partial charge in [0.05, 0.1) is 29.0 Å². The molecule has 0 N–H and O–H groups in total. The van der Waals surface area contributed by atoms with Crippen LogP contribution in [0.15, 0.2) is 23.0 Å². The Labute approximate surface area is 190 Å². The molecule has 1 atom stereocenters. The van der Waals surface area contributed by atoms with E-state index in [0.29, 0.717) is 47.9 Å². The van der Waals surface area contributed by atoms with Crippen LogP contribution >= 0.6 is 0 Å². The largest absolute Gasteiger partial charge is 0.458 e. The number of hydrogen-bond donors (Lipinski definition) is 0. The van der Waals surface area contributed by atoms with Gasteiger partial charge >= 0.3 is 5.97 Å². The van der Waals surface area contributed by atoms with Gasteiger partial charge in [0.2, 0.25) is 6.79 Å². The highest BCUT2D eigenvalue weighted by atomic mass is 16.7. The van der Waals surface area contributed by atoms with E-state index >= 15 is 0 Å². The smallest absolute Gasteiger partial charge is 0.343 e. The third kappa shape index (κ3) is 2.58. The molecule has 33 heavy (non-hydrogen) atoms. The summed E-state index contributed by atoms with van der Waals surface area (Å²) in [6.45, 7) is 6.71. The Bertz CT molecular complexity index is 1410. The summed E-state index contributed by atoms with van der Waals surface area (Å²) in [5, 5.41) is 1.00. The minimum absolute atomic E-state index is 0.0457. The lowest BCUT2D eigenvalue weighted by atomic mass is 9.85. The highest BCUT2D eigenvalue weighted by Crippen LogP contribution is 2.44. The van der Waals surface area contributed by atoms with Gasteiger partial charge < -0.3 is 23.5 Å². The van der Waals surface area contributed by atoms with Crippen LogP contribution in [-0.2, 0) is 39.4 Å². The number of esters is 1. The van der Waals surface area contributed by atoms with Gasteiger partial charge in [0.15, 0.2) is 17.1 Å². The standard InChI is InChI=1S/C25H24N2O6/c1-4-13-14-7-20-21(32-12-31-20)9-18(14)26-22-15(13)10-27-19(22)8-17-16(23(27)28)11-30-24(29)25(17,5-2)33-6-3/h7-9H,4-6,10-12H2,1-3H3/t25-/m0/s1. The topological polar surface area (TPSA) is 88.9 Å². The van der Waals surface area contributed by atoms with Crippen molar-refractivity contribution in [2.24, 2.45) is 0 Å². The minimum Gasteiger partial charge on any atom is -0.458 e. The first-order valence-electron chi connectivity index (χ1n) is 11.4. The van der Waals surface area contributed by atoms with Gasteiger partial charge in [-0.05, 0) is 37.5 Å². The maximum absolute atomic E-state index is 13.6. The van der Waals surface area contributed by atoms with Gasteiger partial charge in [-0.1, -0.05) is 13.8 Å². The van der Waals surface area contributed by atoms with Crippen molar-refractivity contribution >= 4 is 16.9 Å². The number of aryl methyl sites for hydroxylation is 1. The lowest BCUT2D eigenvalue weighted by Crippen LogP contribution is -2.46. The molecule has 8 nitrogen and oxygen atoms in total. The molecule has 0 amide bonds. The summed E-state index contributed by atoms with van der Waals surface area (Å²) in [6.07, 6.45) is 1.15. The number of benzene rings is 1. The maximum atomic E-state index is 13.6. The maximum Gasteiger partial charge on any atom is 0.343 e. The van der Waals surface area contributed by atoms with Crippen molar-refractivity contribution in [2.45, 2.75) is 52.4 Å². The van der Waals surface area contributed by atoms with E-state index in [0.717, 1.165) is 34.1 Å². The first-order chi connectivity index (χ1) is 16.0. The van der Waals surface area contributed by atoms with Crippen LogP contribution < -0.4 is 15.0 Å². The summed E-state index contributed by atoms with van der Waals surface area (Å²) >= 11 is 0. The monoisotopic (exact) mass is 448 g/mol. The number of pyridine rings is 2. The molecular weight excluding hydrogens is 424 g/mol. The minimum atomic E-state index is -1.28. The second kappa shape index (κ2) is 7.05. The zero-order valence-electron chi connectivity index (χ0n) is 18.8. The van der Waals surface area contributed by atoms with E-state index in [1.165, 1.54) is 0 Å². The molecule has 3 aliphatic heterocycles. The Kier molecular flexibility index (Phi) is 4.32. The Morgan fingerprint density at radius 2 is 1.85 bits per heavy atom. The lowest BCUT2D eigenvalue weighted by molar-refractivity contribution is -0.180. The molecule has 8 heteroatoms. The van der Waals surface area contributed by atoms with Crippen LogP contribution in [0.25, 0.3) is 22.3 Å². The fraction of sp³-hybridized carbons (Fsp3) is 0.400. The van der Waals surface area contributed by atoms with E-state index in [1.807, 2.05) is 32.0 Å². The summed E-state index contributed by atoms with van der Waals surface area (Å²) in [7, 11) is 0. The highest BCUT2D eigenvalue weighted by molar-refractivity contribution is 5.91. The number of hydrogen-bond acceptors (Lipinski definition) is 7. The summed E-state index contributed by atoms with van der Waals surface area (Å²) in [4.78, 5) is 31.4. The van der Waals surface area contributed by atoms with Gasteiger partial charge in [-0.15, -0.1) is 0 Å². The number of ether oxygens (including phenoxy) is 4. The van der Waals surface area contributed by atoms with Gasteiger partial charge in [0.25, 0.3) is 5.56 Å². The van der Waals surface area contributed by atoms with Crippen LogP contribution in [0.2, 0.25) is 0 Å². The third-order valence-electron chi connectivity index (χ3n) is 7.01. The Balaban J connectivity index is 1.63. The molecule has 6 rings (SSSR count). The van der Waals surface area contributed by atoms with Crippen LogP contribution in [0.1, 0.15) is 49.4 Å². The van der Waals surface area contributed by atoms with Crippen molar-refractivity contribution in [3.05, 3.63) is 50.8 Å². The molecule has 0 radical (unpaired) electrons. The molecule has 0 bridgehead atoms. The highest BCUT2D eigenvalue weighted by Gasteiger charge is 2.48. The molecule has 0 unspecified atom stereocenters. The van der Waals surface area contributed by atoms with Gasteiger partial charge in [0, 0.05) is 29.2 Å². The van der Waals surface area contributed by atoms with E-state index in [4.69, 9.17) is 23.9 Å². The molecule has 0 spiro atoms. The predicted octanol–water partition coefficient (Wildman–Crippen LogP) is 3.41.